The molecule has 1 aliphatic heterocycles. The number of morpholine rings is 1. The van der Waals surface area contributed by atoms with E-state index in [1.54, 1.807) is 0 Å². The second-order valence-corrected chi connectivity index (χ2v) is 10.1. The topological polar surface area (TPSA) is 45.7 Å². The van der Waals surface area contributed by atoms with Crippen molar-refractivity contribution < 1.29 is 9.53 Å². The van der Waals surface area contributed by atoms with Crippen molar-refractivity contribution in [1.82, 2.24) is 9.88 Å². The lowest BCUT2D eigenvalue weighted by molar-refractivity contribution is 0.0391. The van der Waals surface area contributed by atoms with Crippen molar-refractivity contribution in [1.29, 1.82) is 0 Å². The molecule has 2 aromatic carbocycles. The second-order valence-electron chi connectivity index (χ2n) is 8.67. The monoisotopic (exact) mass is 469 g/mol. The lowest BCUT2D eigenvalue weighted by Gasteiger charge is -2.29. The Morgan fingerprint density at radius 1 is 1.16 bits per heavy atom. The van der Waals surface area contributed by atoms with Crippen molar-refractivity contribution in [3.8, 4) is 0 Å². The highest BCUT2D eigenvalue weighted by atomic mass is 35.5. The third-order valence-corrected chi connectivity index (χ3v) is 7.70. The summed E-state index contributed by atoms with van der Waals surface area (Å²) in [6, 6.07) is 10.1. The van der Waals surface area contributed by atoms with Gasteiger partial charge in [-0.2, -0.15) is 0 Å². The van der Waals surface area contributed by atoms with Gasteiger partial charge in [-0.25, -0.2) is 4.98 Å². The molecule has 1 aromatic heterocycles. The molecule has 2 aliphatic rings. The number of thiazole rings is 1. The molecule has 0 bridgehead atoms. The maximum Gasteiger partial charge on any atom is 0.260 e. The molecular weight excluding hydrogens is 442 g/mol. The molecule has 3 aromatic rings. The van der Waals surface area contributed by atoms with Gasteiger partial charge in [0.1, 0.15) is 0 Å². The first-order chi connectivity index (χ1) is 15.6. The molecule has 1 saturated heterocycles. The van der Waals surface area contributed by atoms with Crippen LogP contribution in [0.15, 0.2) is 30.3 Å². The molecule has 0 N–H and O–H groups in total. The number of amides is 1. The normalized spacial score (nSPS) is 16.8. The summed E-state index contributed by atoms with van der Waals surface area (Å²) in [7, 11) is 0. The molecule has 1 amide bonds. The summed E-state index contributed by atoms with van der Waals surface area (Å²) in [6.07, 6.45) is 4.61. The van der Waals surface area contributed by atoms with Crippen molar-refractivity contribution in [2.24, 2.45) is 0 Å². The Morgan fingerprint density at radius 2 is 1.94 bits per heavy atom. The number of anilines is 1. The van der Waals surface area contributed by atoms with Gasteiger partial charge in [0.25, 0.3) is 5.91 Å². The molecule has 168 valence electrons. The van der Waals surface area contributed by atoms with E-state index in [1.807, 2.05) is 30.0 Å². The molecule has 5 rings (SSSR count). The number of carbonyl (C=O) groups excluding carboxylic acids is 1. The Hall–Kier alpha value is -1.99. The number of halogens is 1. The van der Waals surface area contributed by atoms with Crippen molar-refractivity contribution >= 4 is 44.2 Å². The van der Waals surface area contributed by atoms with Crippen molar-refractivity contribution in [3.05, 3.63) is 57.6 Å². The fourth-order valence-electron chi connectivity index (χ4n) is 4.63. The smallest absolute Gasteiger partial charge is 0.260 e. The van der Waals surface area contributed by atoms with Crippen molar-refractivity contribution in [3.63, 3.8) is 0 Å². The number of benzene rings is 2. The van der Waals surface area contributed by atoms with E-state index in [4.69, 9.17) is 21.3 Å². The van der Waals surface area contributed by atoms with Gasteiger partial charge < -0.3 is 4.74 Å². The zero-order valence-electron chi connectivity index (χ0n) is 18.4. The third kappa shape index (κ3) is 4.55. The highest BCUT2D eigenvalue weighted by Gasteiger charge is 2.24. The SMILES string of the molecule is Cc1cc(Cl)cc2sc(N(CCN3CCOCC3)C(=O)c3ccc4c(c3)CCCC4)nc12. The number of fused-ring (bicyclic) bond motifs is 2. The maximum atomic E-state index is 13.8. The van der Waals surface area contributed by atoms with E-state index in [9.17, 15) is 4.79 Å². The minimum Gasteiger partial charge on any atom is -0.379 e. The van der Waals surface area contributed by atoms with Gasteiger partial charge in [0.2, 0.25) is 0 Å². The van der Waals surface area contributed by atoms with Crippen LogP contribution in [0.1, 0.15) is 39.9 Å². The number of aromatic nitrogens is 1. The molecule has 5 nitrogen and oxygen atoms in total. The van der Waals surface area contributed by atoms with Crippen LogP contribution in [0.25, 0.3) is 10.2 Å². The molecule has 0 atom stereocenters. The quantitative estimate of drug-likeness (QED) is 0.520. The summed E-state index contributed by atoms with van der Waals surface area (Å²) in [4.78, 5) is 22.8. The number of hydrogen-bond acceptors (Lipinski definition) is 5. The van der Waals surface area contributed by atoms with Crippen LogP contribution >= 0.6 is 22.9 Å². The Kier molecular flexibility index (Phi) is 6.47. The Morgan fingerprint density at radius 3 is 2.75 bits per heavy atom. The minimum absolute atomic E-state index is 0.0226. The fraction of sp³-hybridized carbons (Fsp3) is 0.440. The number of nitrogens with zero attached hydrogens (tertiary/aromatic N) is 3. The van der Waals surface area contributed by atoms with E-state index in [2.05, 4.69) is 17.0 Å². The first-order valence-electron chi connectivity index (χ1n) is 11.4. The van der Waals surface area contributed by atoms with Crippen LogP contribution in [0.5, 0.6) is 0 Å². The standard InChI is InChI=1S/C25H28ClN3O2S/c1-17-14-21(26)16-22-23(17)27-25(32-22)29(9-8-28-10-12-31-13-11-28)24(30)20-7-6-18-4-2-3-5-19(18)15-20/h6-7,14-16H,2-5,8-13H2,1H3. The first-order valence-corrected chi connectivity index (χ1v) is 12.6. The van der Waals surface area contributed by atoms with E-state index in [0.29, 0.717) is 11.6 Å². The van der Waals surface area contributed by atoms with Crippen LogP contribution in [0.2, 0.25) is 5.02 Å². The first kappa shape index (κ1) is 21.8. The average Bonchev–Trinajstić information content (AvgIpc) is 3.23. The highest BCUT2D eigenvalue weighted by molar-refractivity contribution is 7.22. The number of hydrogen-bond donors (Lipinski definition) is 0. The summed E-state index contributed by atoms with van der Waals surface area (Å²) in [5.74, 6) is 0.0226. The molecule has 0 spiro atoms. The van der Waals surface area contributed by atoms with Crippen LogP contribution in [-0.4, -0.2) is 55.2 Å². The molecule has 7 heteroatoms. The van der Waals surface area contributed by atoms with Crippen LogP contribution in [0.3, 0.4) is 0 Å². The summed E-state index contributed by atoms with van der Waals surface area (Å²) in [5, 5.41) is 1.44. The predicted molar refractivity (Wildman–Crippen MR) is 131 cm³/mol. The lowest BCUT2D eigenvalue weighted by Crippen LogP contribution is -2.43. The third-order valence-electron chi connectivity index (χ3n) is 6.45. The highest BCUT2D eigenvalue weighted by Crippen LogP contribution is 2.34. The Balaban J connectivity index is 1.47. The van der Waals surface area contributed by atoms with Crippen molar-refractivity contribution in [2.75, 3.05) is 44.3 Å². The largest absolute Gasteiger partial charge is 0.379 e. The van der Waals surface area contributed by atoms with Gasteiger partial charge in [0.05, 0.1) is 23.4 Å². The van der Waals surface area contributed by atoms with Gasteiger partial charge in [-0.3, -0.25) is 14.6 Å². The molecule has 2 heterocycles. The van der Waals surface area contributed by atoms with E-state index >= 15 is 0 Å². The predicted octanol–water partition coefficient (Wildman–Crippen LogP) is 5.12. The van der Waals surface area contributed by atoms with Crippen molar-refractivity contribution in [2.45, 2.75) is 32.6 Å². The van der Waals surface area contributed by atoms with Crippen LogP contribution in [0, 0.1) is 6.92 Å². The van der Waals surface area contributed by atoms with E-state index in [0.717, 1.165) is 72.2 Å². The Labute approximate surface area is 197 Å². The fourth-order valence-corrected chi connectivity index (χ4v) is 6.08. The molecule has 32 heavy (non-hydrogen) atoms. The molecular formula is C25H28ClN3O2S. The molecule has 1 aliphatic carbocycles. The maximum absolute atomic E-state index is 13.8. The molecule has 0 radical (unpaired) electrons. The number of ether oxygens (including phenoxy) is 1. The van der Waals surface area contributed by atoms with E-state index in [1.165, 1.54) is 35.3 Å². The number of aryl methyl sites for hydroxylation is 3. The van der Waals surface area contributed by atoms with E-state index in [-0.39, 0.29) is 5.91 Å². The van der Waals surface area contributed by atoms with Gasteiger partial charge in [0.15, 0.2) is 5.13 Å². The summed E-state index contributed by atoms with van der Waals surface area (Å²) < 4.78 is 6.49. The minimum atomic E-state index is 0.0226. The van der Waals surface area contributed by atoms with Gasteiger partial charge >= 0.3 is 0 Å². The van der Waals surface area contributed by atoms with Gasteiger partial charge in [-0.05, 0) is 73.6 Å². The van der Waals surface area contributed by atoms with Gasteiger partial charge in [-0.15, -0.1) is 0 Å². The Bertz CT molecular complexity index is 1140. The van der Waals surface area contributed by atoms with Crippen LogP contribution in [0.4, 0.5) is 5.13 Å². The molecule has 0 unspecified atom stereocenters. The van der Waals surface area contributed by atoms with Gasteiger partial charge in [0, 0.05) is 36.8 Å². The zero-order chi connectivity index (χ0) is 22.1. The van der Waals surface area contributed by atoms with Crippen LogP contribution in [-0.2, 0) is 17.6 Å². The number of carbonyl (C=O) groups is 1. The average molecular weight is 470 g/mol. The van der Waals surface area contributed by atoms with E-state index < -0.39 is 0 Å². The summed E-state index contributed by atoms with van der Waals surface area (Å²) >= 11 is 7.82. The van der Waals surface area contributed by atoms with Crippen LogP contribution < -0.4 is 4.90 Å². The molecule has 0 saturated carbocycles. The number of rotatable bonds is 5. The molecule has 1 fully saturated rings. The lowest BCUT2D eigenvalue weighted by atomic mass is 9.90. The zero-order valence-corrected chi connectivity index (χ0v) is 20.0. The second kappa shape index (κ2) is 9.48. The summed E-state index contributed by atoms with van der Waals surface area (Å²) in [5.41, 5.74) is 5.41. The summed E-state index contributed by atoms with van der Waals surface area (Å²) in [6.45, 7) is 6.71. The van der Waals surface area contributed by atoms with Gasteiger partial charge in [-0.1, -0.05) is 29.0 Å².